The quantitative estimate of drug-likeness (QED) is 0.579. The predicted octanol–water partition coefficient (Wildman–Crippen LogP) is 4.55. The van der Waals surface area contributed by atoms with E-state index in [0.29, 0.717) is 50.4 Å². The summed E-state index contributed by atoms with van der Waals surface area (Å²) >= 11 is 5.89. The number of carbonyl (C=O) groups excluding carboxylic acids is 2. The number of ether oxygens (including phenoxy) is 1. The van der Waals surface area contributed by atoms with Gasteiger partial charge in [0.1, 0.15) is 5.75 Å². The maximum absolute atomic E-state index is 12.4. The van der Waals surface area contributed by atoms with Crippen molar-refractivity contribution in [3.8, 4) is 5.75 Å². The smallest absolute Gasteiger partial charge is 0.222 e. The fourth-order valence-electron chi connectivity index (χ4n) is 3.69. The molecule has 2 aromatic carbocycles. The van der Waals surface area contributed by atoms with Crippen molar-refractivity contribution in [3.05, 3.63) is 64.7 Å². The van der Waals surface area contributed by atoms with Crippen molar-refractivity contribution in [1.82, 2.24) is 10.2 Å². The Kier molecular flexibility index (Phi) is 8.77. The minimum absolute atomic E-state index is 0.0629. The van der Waals surface area contributed by atoms with E-state index in [0.717, 1.165) is 24.2 Å². The van der Waals surface area contributed by atoms with E-state index in [4.69, 9.17) is 16.3 Å². The number of rotatable bonds is 9. The van der Waals surface area contributed by atoms with Crippen LogP contribution in [0.3, 0.4) is 0 Å². The van der Waals surface area contributed by atoms with Crippen molar-refractivity contribution in [2.45, 2.75) is 51.5 Å². The molecule has 3 rings (SSSR count). The van der Waals surface area contributed by atoms with Gasteiger partial charge in [-0.25, -0.2) is 0 Å². The summed E-state index contributed by atoms with van der Waals surface area (Å²) < 4.78 is 5.70. The number of hydrogen-bond acceptors (Lipinski definition) is 3. The second-order valence-electron chi connectivity index (χ2n) is 8.11. The van der Waals surface area contributed by atoms with Crippen LogP contribution in [0.15, 0.2) is 48.5 Å². The van der Waals surface area contributed by atoms with Gasteiger partial charge in [-0.05, 0) is 62.4 Å². The van der Waals surface area contributed by atoms with Crippen LogP contribution >= 0.6 is 11.6 Å². The van der Waals surface area contributed by atoms with E-state index in [1.165, 1.54) is 5.56 Å². The molecule has 2 aromatic rings. The number of carbonyl (C=O) groups is 2. The highest BCUT2D eigenvalue weighted by Gasteiger charge is 2.23. The number of benzene rings is 2. The van der Waals surface area contributed by atoms with Crippen LogP contribution in [0.4, 0.5) is 0 Å². The van der Waals surface area contributed by atoms with Gasteiger partial charge in [0.2, 0.25) is 11.8 Å². The first-order chi connectivity index (χ1) is 15.0. The van der Waals surface area contributed by atoms with Gasteiger partial charge in [0.05, 0.1) is 6.61 Å². The first-order valence-electron chi connectivity index (χ1n) is 11.0. The van der Waals surface area contributed by atoms with Crippen molar-refractivity contribution in [2.75, 3.05) is 19.7 Å². The summed E-state index contributed by atoms with van der Waals surface area (Å²) in [5, 5.41) is 3.81. The standard InChI is InChI=1S/C25H31ClN2O3/c1-19-4-11-23(12-5-19)31-18-2-3-25(30)28-16-14-22(15-17-28)27-24(29)13-8-20-6-9-21(26)10-7-20/h4-7,9-12,22H,2-3,8,13-18H2,1H3,(H,27,29). The molecule has 166 valence electrons. The van der Waals surface area contributed by atoms with Crippen LogP contribution in [-0.2, 0) is 16.0 Å². The van der Waals surface area contributed by atoms with Crippen molar-refractivity contribution in [2.24, 2.45) is 0 Å². The largest absolute Gasteiger partial charge is 0.494 e. The van der Waals surface area contributed by atoms with Gasteiger partial charge in [-0.15, -0.1) is 0 Å². The molecule has 1 aliphatic heterocycles. The van der Waals surface area contributed by atoms with E-state index in [1.807, 2.05) is 60.4 Å². The van der Waals surface area contributed by atoms with Crippen LogP contribution in [0, 0.1) is 6.92 Å². The van der Waals surface area contributed by atoms with E-state index >= 15 is 0 Å². The third kappa shape index (κ3) is 7.91. The molecule has 5 nitrogen and oxygen atoms in total. The van der Waals surface area contributed by atoms with Gasteiger partial charge in [0, 0.05) is 37.0 Å². The molecule has 0 aromatic heterocycles. The molecule has 31 heavy (non-hydrogen) atoms. The Bertz CT molecular complexity index is 844. The molecule has 1 fully saturated rings. The van der Waals surface area contributed by atoms with Crippen LogP contribution in [-0.4, -0.2) is 42.5 Å². The van der Waals surface area contributed by atoms with Gasteiger partial charge in [-0.1, -0.05) is 41.4 Å². The van der Waals surface area contributed by atoms with Gasteiger partial charge in [-0.2, -0.15) is 0 Å². The van der Waals surface area contributed by atoms with E-state index in [2.05, 4.69) is 5.32 Å². The molecule has 0 radical (unpaired) electrons. The van der Waals surface area contributed by atoms with Crippen LogP contribution in [0.1, 0.15) is 43.2 Å². The van der Waals surface area contributed by atoms with E-state index in [-0.39, 0.29) is 17.9 Å². The summed E-state index contributed by atoms with van der Waals surface area (Å²) in [7, 11) is 0. The Hall–Kier alpha value is -2.53. The second-order valence-corrected chi connectivity index (χ2v) is 8.55. The van der Waals surface area contributed by atoms with Crippen molar-refractivity contribution in [1.29, 1.82) is 0 Å². The highest BCUT2D eigenvalue weighted by atomic mass is 35.5. The lowest BCUT2D eigenvalue weighted by molar-refractivity contribution is -0.132. The molecule has 6 heteroatoms. The normalized spacial score (nSPS) is 14.3. The number of nitrogens with zero attached hydrogens (tertiary/aromatic N) is 1. The molecule has 1 aliphatic rings. The summed E-state index contributed by atoms with van der Waals surface area (Å²) in [6.45, 7) is 3.97. The zero-order valence-electron chi connectivity index (χ0n) is 18.1. The highest BCUT2D eigenvalue weighted by molar-refractivity contribution is 6.30. The van der Waals surface area contributed by atoms with Crippen molar-refractivity contribution >= 4 is 23.4 Å². The summed E-state index contributed by atoms with van der Waals surface area (Å²) in [4.78, 5) is 26.6. The number of aryl methyl sites for hydroxylation is 2. The van der Waals surface area contributed by atoms with Gasteiger partial charge in [0.15, 0.2) is 0 Å². The Morgan fingerprint density at radius 3 is 2.39 bits per heavy atom. The van der Waals surface area contributed by atoms with Gasteiger partial charge < -0.3 is 15.0 Å². The van der Waals surface area contributed by atoms with Crippen molar-refractivity contribution < 1.29 is 14.3 Å². The molecule has 0 unspecified atom stereocenters. The fourth-order valence-corrected chi connectivity index (χ4v) is 3.81. The molecule has 2 amide bonds. The number of hydrogen-bond donors (Lipinski definition) is 1. The molecule has 1 heterocycles. The topological polar surface area (TPSA) is 58.6 Å². The number of likely N-dealkylation sites (tertiary alicyclic amines) is 1. The summed E-state index contributed by atoms with van der Waals surface area (Å²) in [5.41, 5.74) is 2.30. The molecular formula is C25H31ClN2O3. The van der Waals surface area contributed by atoms with Crippen molar-refractivity contribution in [3.63, 3.8) is 0 Å². The predicted molar refractivity (Wildman–Crippen MR) is 123 cm³/mol. The summed E-state index contributed by atoms with van der Waals surface area (Å²) in [6, 6.07) is 15.7. The molecule has 1 saturated heterocycles. The Morgan fingerprint density at radius 2 is 1.71 bits per heavy atom. The average molecular weight is 443 g/mol. The Morgan fingerprint density at radius 1 is 1.03 bits per heavy atom. The molecule has 0 aliphatic carbocycles. The lowest BCUT2D eigenvalue weighted by Crippen LogP contribution is -2.46. The minimum Gasteiger partial charge on any atom is -0.494 e. The van der Waals surface area contributed by atoms with Gasteiger partial charge >= 0.3 is 0 Å². The second kappa shape index (κ2) is 11.8. The lowest BCUT2D eigenvalue weighted by Gasteiger charge is -2.32. The summed E-state index contributed by atoms with van der Waals surface area (Å²) in [5.74, 6) is 1.07. The minimum atomic E-state index is 0.0629. The molecule has 0 spiro atoms. The lowest BCUT2D eigenvalue weighted by atomic mass is 10.0. The van der Waals surface area contributed by atoms with E-state index < -0.39 is 0 Å². The number of piperidine rings is 1. The zero-order chi connectivity index (χ0) is 22.1. The van der Waals surface area contributed by atoms with E-state index in [9.17, 15) is 9.59 Å². The van der Waals surface area contributed by atoms with Gasteiger partial charge in [0.25, 0.3) is 0 Å². The Balaban J connectivity index is 1.28. The van der Waals surface area contributed by atoms with Crippen LogP contribution < -0.4 is 10.1 Å². The van der Waals surface area contributed by atoms with E-state index in [1.54, 1.807) is 0 Å². The third-order valence-electron chi connectivity index (χ3n) is 5.59. The van der Waals surface area contributed by atoms with Crippen LogP contribution in [0.25, 0.3) is 0 Å². The highest BCUT2D eigenvalue weighted by Crippen LogP contribution is 2.15. The summed E-state index contributed by atoms with van der Waals surface area (Å²) in [6.07, 6.45) is 3.96. The zero-order valence-corrected chi connectivity index (χ0v) is 18.9. The van der Waals surface area contributed by atoms with Gasteiger partial charge in [-0.3, -0.25) is 9.59 Å². The first kappa shape index (κ1) is 23.1. The number of halogens is 1. The number of nitrogens with one attached hydrogen (secondary N) is 1. The maximum atomic E-state index is 12.4. The Labute approximate surface area is 189 Å². The van der Waals surface area contributed by atoms with Crippen LogP contribution in [0.5, 0.6) is 5.75 Å². The fraction of sp³-hybridized carbons (Fsp3) is 0.440. The molecule has 1 N–H and O–H groups in total. The molecular weight excluding hydrogens is 412 g/mol. The average Bonchev–Trinajstić information content (AvgIpc) is 2.78. The molecule has 0 atom stereocenters. The van der Waals surface area contributed by atoms with Crippen LogP contribution in [0.2, 0.25) is 5.02 Å². The SMILES string of the molecule is Cc1ccc(OCCCC(=O)N2CCC(NC(=O)CCc3ccc(Cl)cc3)CC2)cc1. The third-order valence-corrected chi connectivity index (χ3v) is 5.84. The first-order valence-corrected chi connectivity index (χ1v) is 11.4. The molecule has 0 bridgehead atoms. The maximum Gasteiger partial charge on any atom is 0.222 e. The monoisotopic (exact) mass is 442 g/mol. The molecule has 0 saturated carbocycles. The number of amides is 2.